The van der Waals surface area contributed by atoms with Crippen LogP contribution in [0.1, 0.15) is 11.5 Å². The monoisotopic (exact) mass is 258 g/mol. The summed E-state index contributed by atoms with van der Waals surface area (Å²) < 4.78 is 15.6. The summed E-state index contributed by atoms with van der Waals surface area (Å²) in [5.41, 5.74) is 4.87. The van der Waals surface area contributed by atoms with Crippen molar-refractivity contribution >= 4 is 6.03 Å². The van der Waals surface area contributed by atoms with Gasteiger partial charge in [0.15, 0.2) is 0 Å². The molecule has 1 heterocycles. The largest absolute Gasteiger partial charge is 0.464 e. The Morgan fingerprint density at radius 1 is 1.44 bits per heavy atom. The fraction of sp³-hybridized carbons (Fsp3) is 0.545. The van der Waals surface area contributed by atoms with Crippen LogP contribution in [0.5, 0.6) is 0 Å². The number of carbonyl (C=O) groups is 1. The molecule has 2 amide bonds. The van der Waals surface area contributed by atoms with Crippen LogP contribution in [0.3, 0.4) is 0 Å². The maximum absolute atomic E-state index is 10.6. The van der Waals surface area contributed by atoms with E-state index in [1.54, 1.807) is 19.2 Å². The average Bonchev–Trinajstić information content (AvgIpc) is 2.79. The molecule has 1 rings (SSSR count). The van der Waals surface area contributed by atoms with Crippen molar-refractivity contribution in [2.75, 3.05) is 26.9 Å². The van der Waals surface area contributed by atoms with Gasteiger partial charge in [-0.2, -0.15) is 0 Å². The van der Waals surface area contributed by atoms with Crippen molar-refractivity contribution in [2.45, 2.75) is 13.0 Å². The molecule has 0 fully saturated rings. The molecule has 0 radical (unpaired) electrons. The fourth-order valence-corrected chi connectivity index (χ4v) is 1.28. The van der Waals surface area contributed by atoms with Crippen LogP contribution in [-0.4, -0.2) is 43.2 Å². The molecule has 7 nitrogen and oxygen atoms in total. The van der Waals surface area contributed by atoms with Crippen LogP contribution in [0.2, 0.25) is 0 Å². The second-order valence-corrected chi connectivity index (χ2v) is 3.62. The summed E-state index contributed by atoms with van der Waals surface area (Å²) in [7, 11) is 1.60. The van der Waals surface area contributed by atoms with Gasteiger partial charge in [-0.3, -0.25) is 5.21 Å². The van der Waals surface area contributed by atoms with E-state index < -0.39 is 6.03 Å². The van der Waals surface area contributed by atoms with Gasteiger partial charge in [0.2, 0.25) is 0 Å². The zero-order chi connectivity index (χ0) is 13.4. The van der Waals surface area contributed by atoms with Gasteiger partial charge in [-0.1, -0.05) is 0 Å². The molecule has 1 aromatic rings. The lowest BCUT2D eigenvalue weighted by Gasteiger charge is -2.09. The van der Waals surface area contributed by atoms with E-state index in [4.69, 9.17) is 24.8 Å². The molecule has 0 aliphatic rings. The summed E-state index contributed by atoms with van der Waals surface area (Å²) in [6.45, 7) is 1.49. The van der Waals surface area contributed by atoms with Crippen LogP contribution in [-0.2, 0) is 22.5 Å². The predicted octanol–water partition coefficient (Wildman–Crippen LogP) is 0.755. The van der Waals surface area contributed by atoms with Crippen molar-refractivity contribution in [3.63, 3.8) is 0 Å². The Morgan fingerprint density at radius 3 is 2.83 bits per heavy atom. The van der Waals surface area contributed by atoms with E-state index in [2.05, 4.69) is 0 Å². The molecular weight excluding hydrogens is 240 g/mol. The summed E-state index contributed by atoms with van der Waals surface area (Å²) in [5.74, 6) is 1.34. The van der Waals surface area contributed by atoms with E-state index in [1.807, 2.05) is 0 Å². The lowest BCUT2D eigenvalue weighted by Crippen LogP contribution is -2.34. The number of hydrogen-bond acceptors (Lipinski definition) is 5. The normalized spacial score (nSPS) is 10.6. The summed E-state index contributed by atoms with van der Waals surface area (Å²) in [6, 6.07) is 2.67. The SMILES string of the molecule is COCCOCc1ccc(CCN(O)C(N)=O)o1. The average molecular weight is 258 g/mol. The number of amides is 2. The standard InChI is InChI=1S/C11H18N2O5/c1-16-6-7-17-8-10-3-2-9(18-10)4-5-13(15)11(12)14/h2-3,15H,4-8H2,1H3,(H2,12,14). The maximum Gasteiger partial charge on any atom is 0.338 e. The van der Waals surface area contributed by atoms with Gasteiger partial charge < -0.3 is 19.6 Å². The van der Waals surface area contributed by atoms with Crippen molar-refractivity contribution in [3.05, 3.63) is 23.7 Å². The maximum atomic E-state index is 10.6. The minimum Gasteiger partial charge on any atom is -0.464 e. The Kier molecular flexibility index (Phi) is 6.20. The molecule has 0 atom stereocenters. The first-order valence-corrected chi connectivity index (χ1v) is 5.53. The number of nitrogens with zero attached hydrogens (tertiary/aromatic N) is 1. The van der Waals surface area contributed by atoms with Gasteiger partial charge in [0.1, 0.15) is 18.1 Å². The topological polar surface area (TPSA) is 98.2 Å². The molecule has 1 aromatic heterocycles. The van der Waals surface area contributed by atoms with Gasteiger partial charge in [0, 0.05) is 13.5 Å². The first-order valence-electron chi connectivity index (χ1n) is 5.53. The molecule has 0 aromatic carbocycles. The highest BCUT2D eigenvalue weighted by atomic mass is 16.5. The van der Waals surface area contributed by atoms with Gasteiger partial charge in [0.25, 0.3) is 0 Å². The van der Waals surface area contributed by atoms with Gasteiger partial charge >= 0.3 is 6.03 Å². The first kappa shape index (κ1) is 14.5. The predicted molar refractivity (Wildman–Crippen MR) is 62.0 cm³/mol. The van der Waals surface area contributed by atoms with E-state index in [0.29, 0.717) is 42.8 Å². The van der Waals surface area contributed by atoms with Crippen LogP contribution in [0, 0.1) is 0 Å². The quantitative estimate of drug-likeness (QED) is 0.407. The molecule has 0 aliphatic carbocycles. The van der Waals surface area contributed by atoms with Crippen molar-refractivity contribution in [1.82, 2.24) is 5.06 Å². The molecule has 102 valence electrons. The highest BCUT2D eigenvalue weighted by Gasteiger charge is 2.08. The van der Waals surface area contributed by atoms with E-state index in [1.165, 1.54) is 0 Å². The molecule has 0 saturated heterocycles. The highest BCUT2D eigenvalue weighted by Crippen LogP contribution is 2.10. The molecular formula is C11H18N2O5. The van der Waals surface area contributed by atoms with Gasteiger partial charge in [0.05, 0.1) is 19.8 Å². The third kappa shape index (κ3) is 5.17. The Hall–Kier alpha value is -1.57. The first-order chi connectivity index (χ1) is 8.63. The Labute approximate surface area is 105 Å². The third-order valence-electron chi connectivity index (χ3n) is 2.22. The Balaban J connectivity index is 2.27. The second-order valence-electron chi connectivity index (χ2n) is 3.62. The Bertz CT molecular complexity index is 366. The smallest absolute Gasteiger partial charge is 0.338 e. The van der Waals surface area contributed by atoms with Crippen LogP contribution in [0.15, 0.2) is 16.5 Å². The lowest BCUT2D eigenvalue weighted by molar-refractivity contribution is -0.0391. The van der Waals surface area contributed by atoms with Gasteiger partial charge in [-0.05, 0) is 12.1 Å². The fourth-order valence-electron chi connectivity index (χ4n) is 1.28. The molecule has 3 N–H and O–H groups in total. The number of hydroxylamine groups is 2. The molecule has 0 bridgehead atoms. The molecule has 7 heteroatoms. The summed E-state index contributed by atoms with van der Waals surface area (Å²) in [4.78, 5) is 10.6. The number of carbonyl (C=O) groups excluding carboxylic acids is 1. The van der Waals surface area contributed by atoms with E-state index in [-0.39, 0.29) is 6.54 Å². The molecule has 0 spiro atoms. The minimum atomic E-state index is -0.885. The summed E-state index contributed by atoms with van der Waals surface area (Å²) >= 11 is 0. The van der Waals surface area contributed by atoms with E-state index in [0.717, 1.165) is 0 Å². The van der Waals surface area contributed by atoms with Crippen LogP contribution in [0.4, 0.5) is 4.79 Å². The highest BCUT2D eigenvalue weighted by molar-refractivity contribution is 5.70. The molecule has 18 heavy (non-hydrogen) atoms. The molecule has 0 aliphatic heterocycles. The van der Waals surface area contributed by atoms with Crippen LogP contribution >= 0.6 is 0 Å². The molecule has 0 saturated carbocycles. The zero-order valence-corrected chi connectivity index (χ0v) is 10.3. The summed E-state index contributed by atoms with van der Waals surface area (Å²) in [6.07, 6.45) is 0.386. The number of rotatable bonds is 8. The summed E-state index contributed by atoms with van der Waals surface area (Å²) in [5, 5.41) is 9.52. The zero-order valence-electron chi connectivity index (χ0n) is 10.3. The van der Waals surface area contributed by atoms with Crippen LogP contribution < -0.4 is 5.73 Å². The number of primary amides is 1. The Morgan fingerprint density at radius 2 is 2.17 bits per heavy atom. The van der Waals surface area contributed by atoms with Crippen molar-refractivity contribution in [1.29, 1.82) is 0 Å². The number of ether oxygens (including phenoxy) is 2. The van der Waals surface area contributed by atoms with Crippen molar-refractivity contribution in [2.24, 2.45) is 5.73 Å². The van der Waals surface area contributed by atoms with Gasteiger partial charge in [-0.25, -0.2) is 9.86 Å². The number of methoxy groups -OCH3 is 1. The van der Waals surface area contributed by atoms with Crippen molar-refractivity contribution < 1.29 is 23.9 Å². The minimum absolute atomic E-state index is 0.0901. The molecule has 0 unspecified atom stereocenters. The third-order valence-corrected chi connectivity index (χ3v) is 2.22. The van der Waals surface area contributed by atoms with Crippen LogP contribution in [0.25, 0.3) is 0 Å². The van der Waals surface area contributed by atoms with Gasteiger partial charge in [-0.15, -0.1) is 0 Å². The van der Waals surface area contributed by atoms with E-state index >= 15 is 0 Å². The number of nitrogens with two attached hydrogens (primary N) is 1. The number of furan rings is 1. The second kappa shape index (κ2) is 7.70. The number of hydrogen-bond donors (Lipinski definition) is 2. The number of urea groups is 1. The van der Waals surface area contributed by atoms with E-state index in [9.17, 15) is 4.79 Å². The van der Waals surface area contributed by atoms with Crippen molar-refractivity contribution in [3.8, 4) is 0 Å². The lowest BCUT2D eigenvalue weighted by atomic mass is 10.3.